The van der Waals surface area contributed by atoms with Gasteiger partial charge in [-0.05, 0) is 36.8 Å². The molecule has 0 radical (unpaired) electrons. The number of rotatable bonds is 4. The van der Waals surface area contributed by atoms with Crippen LogP contribution in [0.4, 0.5) is 5.69 Å². The summed E-state index contributed by atoms with van der Waals surface area (Å²) in [5.41, 5.74) is 3.63. The summed E-state index contributed by atoms with van der Waals surface area (Å²) in [6.45, 7) is 2.93. The highest BCUT2D eigenvalue weighted by molar-refractivity contribution is 8.03. The Morgan fingerprint density at radius 3 is 2.53 bits per heavy atom. The smallest absolute Gasteiger partial charge is 0.316 e. The largest absolute Gasteiger partial charge is 0.349 e. The van der Waals surface area contributed by atoms with Crippen LogP contribution in [0.5, 0.6) is 0 Å². The van der Waals surface area contributed by atoms with Crippen molar-refractivity contribution in [3.63, 3.8) is 0 Å². The van der Waals surface area contributed by atoms with Gasteiger partial charge < -0.3 is 5.32 Å². The van der Waals surface area contributed by atoms with Crippen molar-refractivity contribution in [1.82, 2.24) is 5.06 Å². The molecule has 178 valence electrons. The number of thioether (sulfide) groups is 1. The van der Waals surface area contributed by atoms with Gasteiger partial charge in [-0.25, -0.2) is 18.6 Å². The molecule has 8 nitrogen and oxygen atoms in total. The maximum absolute atomic E-state index is 8.49. The van der Waals surface area contributed by atoms with Crippen molar-refractivity contribution in [3.8, 4) is 0 Å². The van der Waals surface area contributed by atoms with Crippen LogP contribution >= 0.6 is 23.1 Å². The lowest BCUT2D eigenvalue weighted by molar-refractivity contribution is -2.00. The third kappa shape index (κ3) is 5.62. The van der Waals surface area contributed by atoms with E-state index in [9.17, 15) is 0 Å². The molecule has 11 heteroatoms. The molecule has 0 unspecified atom stereocenters. The van der Waals surface area contributed by atoms with Crippen molar-refractivity contribution in [1.29, 1.82) is 0 Å². The third-order valence-corrected chi connectivity index (χ3v) is 7.18. The van der Waals surface area contributed by atoms with Gasteiger partial charge >= 0.3 is 5.82 Å². The van der Waals surface area contributed by atoms with Crippen molar-refractivity contribution < 1.29 is 38.3 Å². The summed E-state index contributed by atoms with van der Waals surface area (Å²) < 4.78 is 37.6. The number of para-hydroxylation sites is 2. The van der Waals surface area contributed by atoms with Crippen molar-refractivity contribution in [2.24, 2.45) is 0 Å². The van der Waals surface area contributed by atoms with Gasteiger partial charge in [0.2, 0.25) is 0 Å². The van der Waals surface area contributed by atoms with Crippen LogP contribution in [0.1, 0.15) is 18.4 Å². The lowest BCUT2D eigenvalue weighted by Crippen LogP contribution is -2.68. The summed E-state index contributed by atoms with van der Waals surface area (Å²) >= 11 is 3.58. The van der Waals surface area contributed by atoms with Crippen LogP contribution in [0.15, 0.2) is 76.2 Å². The molecule has 0 aliphatic carbocycles. The molecule has 1 N–H and O–H groups in total. The van der Waals surface area contributed by atoms with E-state index in [1.54, 1.807) is 30.2 Å². The van der Waals surface area contributed by atoms with E-state index in [0.717, 1.165) is 23.8 Å². The van der Waals surface area contributed by atoms with E-state index in [1.807, 2.05) is 5.06 Å². The van der Waals surface area contributed by atoms with Crippen molar-refractivity contribution in [2.45, 2.75) is 18.2 Å². The van der Waals surface area contributed by atoms with Gasteiger partial charge in [-0.3, -0.25) is 0 Å². The van der Waals surface area contributed by atoms with Gasteiger partial charge in [-0.1, -0.05) is 60.4 Å². The topological polar surface area (TPSA) is 121 Å². The summed E-state index contributed by atoms with van der Waals surface area (Å²) in [5, 5.41) is 7.84. The third-order valence-electron chi connectivity index (χ3n) is 5.09. The lowest BCUT2D eigenvalue weighted by Gasteiger charge is -2.20. The Morgan fingerprint density at radius 1 is 1.12 bits per heavy atom. The fourth-order valence-electron chi connectivity index (χ4n) is 3.74. The predicted octanol–water partition coefficient (Wildman–Crippen LogP) is 0.961. The second kappa shape index (κ2) is 10.5. The van der Waals surface area contributed by atoms with E-state index in [2.05, 4.69) is 83.6 Å². The Kier molecular flexibility index (Phi) is 7.60. The first-order valence-corrected chi connectivity index (χ1v) is 13.2. The van der Waals surface area contributed by atoms with Gasteiger partial charge in [0.05, 0.1) is 22.5 Å². The summed E-state index contributed by atoms with van der Waals surface area (Å²) in [5.74, 6) is 1.10. The highest BCUT2D eigenvalue weighted by Gasteiger charge is 2.32. The van der Waals surface area contributed by atoms with E-state index in [-0.39, 0.29) is 0 Å². The number of nitrogens with one attached hydrogen (secondary N) is 1. The molecule has 0 atom stereocenters. The zero-order chi connectivity index (χ0) is 24.3. The number of nitrogens with zero attached hydrogens (tertiary/aromatic N) is 2. The summed E-state index contributed by atoms with van der Waals surface area (Å²) in [7, 11) is -3.20. The lowest BCUT2D eigenvalue weighted by atomic mass is 10.1. The molecule has 0 saturated carbocycles. The van der Waals surface area contributed by atoms with E-state index in [4.69, 9.17) is 23.5 Å². The standard InChI is InChI=1S/C23H21N3OS2.ClHO4/c1-3-16-9-8-14-25(27-2)23(16)26-18-11-5-7-13-20(18)29-22(26)15-21-24-17-10-4-6-12-19(17)28-21;2-1(3,4)5/h4-13,15H,3,14H2,1-2H3;(H,2,3,4,5). The van der Waals surface area contributed by atoms with Gasteiger partial charge in [0.25, 0.3) is 0 Å². The number of allylic oxidation sites excluding steroid dienone is 2. The van der Waals surface area contributed by atoms with Gasteiger partial charge in [0.1, 0.15) is 6.54 Å². The molecular formula is C23H22ClN3O5S2. The molecule has 3 aromatic rings. The Bertz CT molecular complexity index is 1250. The molecule has 0 spiro atoms. The fraction of sp³-hybridized carbons (Fsp3) is 0.174. The van der Waals surface area contributed by atoms with E-state index < -0.39 is 10.2 Å². The number of anilines is 1. The van der Waals surface area contributed by atoms with Crippen molar-refractivity contribution in [3.05, 3.63) is 76.3 Å². The Morgan fingerprint density at radius 2 is 1.82 bits per heavy atom. The first-order chi connectivity index (χ1) is 16.3. The van der Waals surface area contributed by atoms with Gasteiger partial charge in [-0.15, -0.1) is 15.3 Å². The zero-order valence-electron chi connectivity index (χ0n) is 18.4. The molecule has 0 fully saturated rings. The van der Waals surface area contributed by atoms with Crippen molar-refractivity contribution >= 4 is 50.9 Å². The minimum absolute atomic E-state index is 0.737. The van der Waals surface area contributed by atoms with Gasteiger partial charge in [0, 0.05) is 16.5 Å². The summed E-state index contributed by atoms with van der Waals surface area (Å²) in [4.78, 5) is 7.01. The fourth-order valence-corrected chi connectivity index (χ4v) is 5.84. The molecule has 3 heterocycles. The maximum Gasteiger partial charge on any atom is 0.316 e. The number of halogens is 1. The highest BCUT2D eigenvalue weighted by atomic mass is 35.7. The number of benzene rings is 2. The first kappa shape index (κ1) is 24.7. The van der Waals surface area contributed by atoms with Crippen molar-refractivity contribution in [2.75, 3.05) is 19.0 Å². The molecule has 34 heavy (non-hydrogen) atoms. The van der Waals surface area contributed by atoms with Crippen LogP contribution in [0.2, 0.25) is 0 Å². The summed E-state index contributed by atoms with van der Waals surface area (Å²) in [6.07, 6.45) is 7.57. The van der Waals surface area contributed by atoms with Crippen LogP contribution in [-0.4, -0.2) is 18.7 Å². The molecular weight excluding hydrogens is 498 g/mol. The quantitative estimate of drug-likeness (QED) is 0.506. The Labute approximate surface area is 207 Å². The molecule has 0 saturated heterocycles. The number of thiazole rings is 1. The second-order valence-corrected chi connectivity index (χ2v) is 10.1. The summed E-state index contributed by atoms with van der Waals surface area (Å²) in [6, 6.07) is 17.0. The first-order valence-electron chi connectivity index (χ1n) is 10.3. The molecule has 2 aliphatic heterocycles. The number of fused-ring (bicyclic) bond motifs is 2. The van der Waals surface area contributed by atoms with E-state index in [1.165, 1.54) is 31.4 Å². The monoisotopic (exact) mass is 519 g/mol. The van der Waals surface area contributed by atoms with Crippen LogP contribution < -0.4 is 28.5 Å². The SMILES string of the molecule is CCC1=C([n+]2c(C=C3Nc4ccccc4S3)sc3ccccc32)N(OC)CC=C1.[O-][Cl+3]([O-])([O-])[O-]. The molecule has 2 aliphatic rings. The molecule has 2 aromatic carbocycles. The molecule has 0 amide bonds. The normalized spacial score (nSPS) is 16.5. The minimum Gasteiger partial charge on any atom is -0.349 e. The molecule has 0 bridgehead atoms. The van der Waals surface area contributed by atoms with Crippen LogP contribution in [0.25, 0.3) is 22.1 Å². The highest BCUT2D eigenvalue weighted by Crippen LogP contribution is 2.41. The van der Waals surface area contributed by atoms with Gasteiger partial charge in [0.15, 0.2) is 10.5 Å². The molecule has 5 rings (SSSR count). The van der Waals surface area contributed by atoms with E-state index in [0.29, 0.717) is 0 Å². The number of hydrogen-bond acceptors (Lipinski definition) is 9. The second-order valence-electron chi connectivity index (χ2n) is 7.20. The van der Waals surface area contributed by atoms with Gasteiger partial charge in [-0.2, -0.15) is 9.40 Å². The number of aromatic nitrogens is 1. The molecule has 1 aromatic heterocycles. The Hall–Kier alpha value is -2.41. The van der Waals surface area contributed by atoms with Crippen LogP contribution in [0.3, 0.4) is 0 Å². The number of hydrogen-bond donors (Lipinski definition) is 1. The average molecular weight is 520 g/mol. The maximum atomic E-state index is 8.49. The van der Waals surface area contributed by atoms with Crippen LogP contribution in [0, 0.1) is 10.2 Å². The average Bonchev–Trinajstić information content (AvgIpc) is 3.37. The minimum atomic E-state index is -4.94. The zero-order valence-corrected chi connectivity index (χ0v) is 20.8. The Balaban J connectivity index is 0.000000499. The van der Waals surface area contributed by atoms with E-state index >= 15 is 0 Å². The predicted molar refractivity (Wildman–Crippen MR) is 122 cm³/mol. The number of hydroxylamine groups is 2. The van der Waals surface area contributed by atoms with Crippen LogP contribution in [-0.2, 0) is 4.84 Å².